The molecule has 0 aliphatic carbocycles. The van der Waals surface area contributed by atoms with Crippen molar-refractivity contribution in [3.63, 3.8) is 0 Å². The van der Waals surface area contributed by atoms with E-state index in [4.69, 9.17) is 4.42 Å². The van der Waals surface area contributed by atoms with Crippen LogP contribution in [0.1, 0.15) is 47.5 Å². The lowest BCUT2D eigenvalue weighted by atomic mass is 10.1. The molecule has 0 spiro atoms. The second kappa shape index (κ2) is 8.91. The van der Waals surface area contributed by atoms with E-state index in [0.29, 0.717) is 5.76 Å². The third-order valence-corrected chi connectivity index (χ3v) is 5.21. The Hall–Kier alpha value is -2.81. The van der Waals surface area contributed by atoms with Crippen LogP contribution in [-0.4, -0.2) is 48.3 Å². The molecule has 162 valence electrons. The number of hydrogen-bond acceptors (Lipinski definition) is 4. The monoisotopic (exact) mass is 423 g/mol. The topological polar surface area (TPSA) is 65.8 Å². The highest BCUT2D eigenvalue weighted by molar-refractivity contribution is 5.98. The minimum atomic E-state index is -4.66. The molecule has 2 heterocycles. The van der Waals surface area contributed by atoms with Crippen LogP contribution in [0.25, 0.3) is 0 Å². The fourth-order valence-corrected chi connectivity index (χ4v) is 3.43. The van der Waals surface area contributed by atoms with E-state index in [9.17, 15) is 22.8 Å². The number of hydrogen-bond donors (Lipinski definition) is 1. The summed E-state index contributed by atoms with van der Waals surface area (Å²) in [5.41, 5.74) is -1.22. The number of anilines is 1. The molecule has 9 heteroatoms. The van der Waals surface area contributed by atoms with Crippen molar-refractivity contribution in [1.29, 1.82) is 0 Å². The number of nitrogens with one attached hydrogen (secondary N) is 1. The Morgan fingerprint density at radius 1 is 1.23 bits per heavy atom. The van der Waals surface area contributed by atoms with Crippen LogP contribution in [0, 0.1) is 0 Å². The number of alkyl halides is 3. The number of furan rings is 1. The average Bonchev–Trinajstić information content (AvgIpc) is 3.39. The van der Waals surface area contributed by atoms with Gasteiger partial charge in [0.2, 0.25) is 5.91 Å². The van der Waals surface area contributed by atoms with Gasteiger partial charge in [-0.15, -0.1) is 0 Å². The van der Waals surface area contributed by atoms with Crippen LogP contribution in [0.3, 0.4) is 0 Å². The van der Waals surface area contributed by atoms with Gasteiger partial charge in [-0.25, -0.2) is 0 Å². The van der Waals surface area contributed by atoms with Crippen molar-refractivity contribution in [2.75, 3.05) is 32.0 Å². The van der Waals surface area contributed by atoms with Crippen molar-refractivity contribution >= 4 is 17.5 Å². The van der Waals surface area contributed by atoms with E-state index in [1.54, 1.807) is 19.1 Å². The highest BCUT2D eigenvalue weighted by atomic mass is 19.4. The number of carbonyl (C=O) groups excluding carboxylic acids is 2. The maximum absolute atomic E-state index is 13.4. The minimum absolute atomic E-state index is 0.0589. The normalized spacial score (nSPS) is 15.8. The first-order valence-corrected chi connectivity index (χ1v) is 9.70. The molecule has 1 saturated heterocycles. The number of likely N-dealkylation sites (tertiary alicyclic amines) is 1. The first-order chi connectivity index (χ1) is 14.1. The summed E-state index contributed by atoms with van der Waals surface area (Å²) in [6, 6.07) is 5.78. The first kappa shape index (κ1) is 21.9. The van der Waals surface area contributed by atoms with Crippen LogP contribution < -0.4 is 5.32 Å². The van der Waals surface area contributed by atoms with Gasteiger partial charge in [0.25, 0.3) is 5.91 Å². The summed E-state index contributed by atoms with van der Waals surface area (Å²) in [4.78, 5) is 28.4. The quantitative estimate of drug-likeness (QED) is 0.758. The zero-order valence-electron chi connectivity index (χ0n) is 16.8. The number of nitrogens with zero attached hydrogens (tertiary/aromatic N) is 2. The summed E-state index contributed by atoms with van der Waals surface area (Å²) in [5.74, 6) is -0.510. The minimum Gasteiger partial charge on any atom is -0.467 e. The van der Waals surface area contributed by atoms with Crippen LogP contribution in [0.15, 0.2) is 41.0 Å². The maximum atomic E-state index is 13.4. The van der Waals surface area contributed by atoms with Crippen LogP contribution in [0.2, 0.25) is 0 Å². The van der Waals surface area contributed by atoms with E-state index in [-0.39, 0.29) is 17.8 Å². The molecular formula is C21H24F3N3O3. The molecule has 1 aliphatic heterocycles. The summed E-state index contributed by atoms with van der Waals surface area (Å²) < 4.78 is 45.5. The van der Waals surface area contributed by atoms with Crippen LogP contribution in [0.5, 0.6) is 0 Å². The summed E-state index contributed by atoms with van der Waals surface area (Å²) >= 11 is 0. The number of rotatable bonds is 6. The van der Waals surface area contributed by atoms with Gasteiger partial charge < -0.3 is 14.6 Å². The lowest BCUT2D eigenvalue weighted by Crippen LogP contribution is -2.31. The van der Waals surface area contributed by atoms with E-state index in [1.807, 2.05) is 4.90 Å². The molecule has 3 rings (SSSR count). The molecular weight excluding hydrogens is 399 g/mol. The van der Waals surface area contributed by atoms with Crippen molar-refractivity contribution < 1.29 is 27.2 Å². The predicted octanol–water partition coefficient (Wildman–Crippen LogP) is 4.17. The van der Waals surface area contributed by atoms with Gasteiger partial charge in [-0.2, -0.15) is 13.2 Å². The molecule has 2 aromatic rings. The molecule has 1 aromatic heterocycles. The van der Waals surface area contributed by atoms with Crippen molar-refractivity contribution in [3.05, 3.63) is 53.5 Å². The lowest BCUT2D eigenvalue weighted by molar-refractivity contribution is -0.137. The maximum Gasteiger partial charge on any atom is 0.416 e. The SMILES string of the molecule is CC(c1ccco1)N(C)C(=O)c1cc(NC(=O)CN2CCCC2)cc(C(F)(F)F)c1. The van der Waals surface area contributed by atoms with Crippen LogP contribution in [-0.2, 0) is 11.0 Å². The summed E-state index contributed by atoms with van der Waals surface area (Å²) in [5, 5.41) is 2.50. The fourth-order valence-electron chi connectivity index (χ4n) is 3.43. The molecule has 1 N–H and O–H groups in total. The van der Waals surface area contributed by atoms with Crippen molar-refractivity contribution in [2.45, 2.75) is 32.0 Å². The molecule has 1 aliphatic rings. The fraction of sp³-hybridized carbons (Fsp3) is 0.429. The van der Waals surface area contributed by atoms with Crippen molar-refractivity contribution in [2.24, 2.45) is 0 Å². The Labute approximate surface area is 172 Å². The molecule has 2 amide bonds. The number of carbonyl (C=O) groups is 2. The molecule has 0 saturated carbocycles. The Bertz CT molecular complexity index is 891. The van der Waals surface area contributed by atoms with E-state index < -0.39 is 29.6 Å². The van der Waals surface area contributed by atoms with Gasteiger partial charge in [0.15, 0.2) is 0 Å². The zero-order chi connectivity index (χ0) is 21.9. The number of benzene rings is 1. The van der Waals surface area contributed by atoms with Gasteiger partial charge in [0.05, 0.1) is 24.4 Å². The van der Waals surface area contributed by atoms with Gasteiger partial charge in [-0.3, -0.25) is 14.5 Å². The second-order valence-corrected chi connectivity index (χ2v) is 7.44. The summed E-state index contributed by atoms with van der Waals surface area (Å²) in [6.07, 6.45) is -1.20. The molecule has 0 radical (unpaired) electrons. The molecule has 1 unspecified atom stereocenters. The van der Waals surface area contributed by atoms with E-state index in [2.05, 4.69) is 5.32 Å². The molecule has 1 fully saturated rings. The van der Waals surface area contributed by atoms with Gasteiger partial charge >= 0.3 is 6.18 Å². The third-order valence-electron chi connectivity index (χ3n) is 5.21. The Morgan fingerprint density at radius 3 is 2.53 bits per heavy atom. The first-order valence-electron chi connectivity index (χ1n) is 9.70. The smallest absolute Gasteiger partial charge is 0.416 e. The lowest BCUT2D eigenvalue weighted by Gasteiger charge is -2.24. The van der Waals surface area contributed by atoms with Gasteiger partial charge in [-0.1, -0.05) is 0 Å². The van der Waals surface area contributed by atoms with Crippen LogP contribution in [0.4, 0.5) is 18.9 Å². The van der Waals surface area contributed by atoms with Gasteiger partial charge in [-0.05, 0) is 63.2 Å². The number of halogens is 3. The standard InChI is InChI=1S/C21H24F3N3O3/c1-14(18-6-5-9-30-18)26(2)20(29)15-10-16(21(22,23)24)12-17(11-15)25-19(28)13-27-7-3-4-8-27/h5-6,9-12,14H,3-4,7-8,13H2,1-2H3,(H,25,28). The Morgan fingerprint density at radius 2 is 1.93 bits per heavy atom. The molecule has 1 aromatic carbocycles. The van der Waals surface area contributed by atoms with Gasteiger partial charge in [0.1, 0.15) is 5.76 Å². The van der Waals surface area contributed by atoms with Crippen LogP contribution >= 0.6 is 0 Å². The highest BCUT2D eigenvalue weighted by Gasteiger charge is 2.33. The molecule has 30 heavy (non-hydrogen) atoms. The zero-order valence-corrected chi connectivity index (χ0v) is 16.8. The molecule has 1 atom stereocenters. The average molecular weight is 423 g/mol. The summed E-state index contributed by atoms with van der Waals surface area (Å²) in [7, 11) is 1.49. The van der Waals surface area contributed by atoms with Crippen molar-refractivity contribution in [1.82, 2.24) is 9.80 Å². The number of amides is 2. The van der Waals surface area contributed by atoms with Gasteiger partial charge in [0, 0.05) is 18.3 Å². The highest BCUT2D eigenvalue weighted by Crippen LogP contribution is 2.33. The van der Waals surface area contributed by atoms with E-state index in [1.165, 1.54) is 24.3 Å². The largest absolute Gasteiger partial charge is 0.467 e. The Kier molecular flexibility index (Phi) is 6.50. The third kappa shape index (κ3) is 5.21. The predicted molar refractivity (Wildman–Crippen MR) is 105 cm³/mol. The van der Waals surface area contributed by atoms with E-state index in [0.717, 1.165) is 38.1 Å². The van der Waals surface area contributed by atoms with E-state index >= 15 is 0 Å². The summed E-state index contributed by atoms with van der Waals surface area (Å²) in [6.45, 7) is 3.39. The van der Waals surface area contributed by atoms with Crippen molar-refractivity contribution in [3.8, 4) is 0 Å². The Balaban J connectivity index is 1.83. The molecule has 6 nitrogen and oxygen atoms in total. The molecule has 0 bridgehead atoms. The second-order valence-electron chi connectivity index (χ2n) is 7.44.